The van der Waals surface area contributed by atoms with Gasteiger partial charge in [0.15, 0.2) is 11.0 Å². The van der Waals surface area contributed by atoms with E-state index < -0.39 is 0 Å². The molecule has 0 bridgehead atoms. The second kappa shape index (κ2) is 9.22. The highest BCUT2D eigenvalue weighted by atomic mass is 32.2. The molecule has 2 unspecified atom stereocenters. The van der Waals surface area contributed by atoms with Crippen LogP contribution in [0.15, 0.2) is 35.6 Å². The molecular weight excluding hydrogens is 398 g/mol. The van der Waals surface area contributed by atoms with Crippen molar-refractivity contribution >= 4 is 28.6 Å². The number of hydrogen-bond donors (Lipinski definition) is 2. The van der Waals surface area contributed by atoms with Crippen molar-refractivity contribution in [2.24, 2.45) is 5.92 Å². The Morgan fingerprint density at radius 3 is 2.93 bits per heavy atom. The minimum atomic E-state index is 0.0153. The summed E-state index contributed by atoms with van der Waals surface area (Å²) in [4.78, 5) is 15.7. The zero-order chi connectivity index (χ0) is 21.1. The highest BCUT2D eigenvalue weighted by Crippen LogP contribution is 2.31. The lowest BCUT2D eigenvalue weighted by Crippen LogP contribution is -2.37. The van der Waals surface area contributed by atoms with Gasteiger partial charge in [-0.1, -0.05) is 43.8 Å². The molecule has 7 nitrogen and oxygen atoms in total. The Bertz CT molecular complexity index is 1010. The van der Waals surface area contributed by atoms with Crippen LogP contribution in [0.25, 0.3) is 22.3 Å². The van der Waals surface area contributed by atoms with Crippen molar-refractivity contribution < 1.29 is 9.53 Å². The summed E-state index contributed by atoms with van der Waals surface area (Å²) in [5.41, 5.74) is 2.08. The molecule has 2 atom stereocenters. The second-order valence-corrected chi connectivity index (χ2v) is 9.13. The molecule has 160 valence electrons. The maximum atomic E-state index is 12.4. The van der Waals surface area contributed by atoms with E-state index in [1.54, 1.807) is 0 Å². The predicted molar refractivity (Wildman–Crippen MR) is 119 cm³/mol. The van der Waals surface area contributed by atoms with Gasteiger partial charge in [0.05, 0.1) is 18.4 Å². The first kappa shape index (κ1) is 20.9. The number of benzene rings is 1. The van der Waals surface area contributed by atoms with E-state index in [1.807, 2.05) is 25.3 Å². The normalized spacial score (nSPS) is 17.7. The minimum absolute atomic E-state index is 0.0153. The Kier molecular flexibility index (Phi) is 6.43. The number of thioether (sulfide) groups is 1. The summed E-state index contributed by atoms with van der Waals surface area (Å²) in [6.45, 7) is 7.72. The van der Waals surface area contributed by atoms with Gasteiger partial charge in [-0.3, -0.25) is 9.36 Å². The average molecular weight is 428 g/mol. The number of aromatic amines is 1. The molecule has 2 N–H and O–H groups in total. The number of H-pyrrole nitrogens is 1. The van der Waals surface area contributed by atoms with Crippen LogP contribution in [0.1, 0.15) is 33.6 Å². The van der Waals surface area contributed by atoms with Crippen LogP contribution in [-0.2, 0) is 16.1 Å². The number of aromatic nitrogens is 4. The lowest BCUT2D eigenvalue weighted by atomic mass is 10.1. The Morgan fingerprint density at radius 1 is 1.33 bits per heavy atom. The fourth-order valence-electron chi connectivity index (χ4n) is 3.60. The topological polar surface area (TPSA) is 84.8 Å². The maximum Gasteiger partial charge on any atom is 0.230 e. The van der Waals surface area contributed by atoms with Gasteiger partial charge in [0.1, 0.15) is 0 Å². The lowest BCUT2D eigenvalue weighted by molar-refractivity contribution is -0.119. The maximum absolute atomic E-state index is 12.4. The van der Waals surface area contributed by atoms with Crippen molar-refractivity contribution in [1.82, 2.24) is 25.1 Å². The molecule has 8 heteroatoms. The van der Waals surface area contributed by atoms with Gasteiger partial charge in [0.2, 0.25) is 5.91 Å². The lowest BCUT2D eigenvalue weighted by Gasteiger charge is -2.17. The molecule has 1 amide bonds. The zero-order valence-corrected chi connectivity index (χ0v) is 18.5. The summed E-state index contributed by atoms with van der Waals surface area (Å²) < 4.78 is 7.98. The van der Waals surface area contributed by atoms with E-state index in [1.165, 1.54) is 11.8 Å². The molecule has 3 heterocycles. The predicted octanol–water partition coefficient (Wildman–Crippen LogP) is 3.86. The van der Waals surface area contributed by atoms with E-state index in [0.717, 1.165) is 46.9 Å². The number of carbonyl (C=O) groups is 1. The van der Waals surface area contributed by atoms with Gasteiger partial charge in [0.25, 0.3) is 0 Å². The minimum Gasteiger partial charge on any atom is -0.376 e. The number of fused-ring (bicyclic) bond motifs is 1. The molecule has 0 aliphatic carbocycles. The quantitative estimate of drug-likeness (QED) is 0.533. The van der Waals surface area contributed by atoms with Crippen LogP contribution >= 0.6 is 11.8 Å². The molecule has 4 rings (SSSR count). The van der Waals surface area contributed by atoms with Crippen molar-refractivity contribution in [3.05, 3.63) is 30.5 Å². The summed E-state index contributed by atoms with van der Waals surface area (Å²) in [5, 5.41) is 13.8. The van der Waals surface area contributed by atoms with Crippen molar-refractivity contribution in [2.75, 3.05) is 12.4 Å². The number of nitrogens with one attached hydrogen (secondary N) is 2. The molecule has 2 aromatic heterocycles. The monoisotopic (exact) mass is 427 g/mol. The Morgan fingerprint density at radius 2 is 2.17 bits per heavy atom. The summed E-state index contributed by atoms with van der Waals surface area (Å²) >= 11 is 1.43. The Labute approximate surface area is 181 Å². The molecule has 1 saturated heterocycles. The largest absolute Gasteiger partial charge is 0.376 e. The van der Waals surface area contributed by atoms with Crippen molar-refractivity contribution in [1.29, 1.82) is 0 Å². The molecule has 1 fully saturated rings. The highest BCUT2D eigenvalue weighted by molar-refractivity contribution is 7.99. The summed E-state index contributed by atoms with van der Waals surface area (Å²) in [6, 6.07) is 8.31. The number of rotatable bonds is 8. The van der Waals surface area contributed by atoms with Crippen molar-refractivity contribution in [2.45, 2.75) is 57.5 Å². The fourth-order valence-corrected chi connectivity index (χ4v) is 4.36. The van der Waals surface area contributed by atoms with Crippen LogP contribution in [0.4, 0.5) is 0 Å². The van der Waals surface area contributed by atoms with Gasteiger partial charge in [-0.2, -0.15) is 0 Å². The third-order valence-electron chi connectivity index (χ3n) is 5.68. The van der Waals surface area contributed by atoms with Crippen molar-refractivity contribution in [3.8, 4) is 11.4 Å². The highest BCUT2D eigenvalue weighted by Gasteiger charge is 2.23. The molecule has 1 aliphatic heterocycles. The first-order chi connectivity index (χ1) is 14.5. The first-order valence-electron chi connectivity index (χ1n) is 10.6. The number of nitrogens with zero attached hydrogens (tertiary/aromatic N) is 3. The molecule has 0 spiro atoms. The molecule has 3 aromatic rings. The van der Waals surface area contributed by atoms with Gasteiger partial charge >= 0.3 is 0 Å². The summed E-state index contributed by atoms with van der Waals surface area (Å²) in [5.74, 6) is 1.53. The number of hydrogen-bond acceptors (Lipinski definition) is 5. The Hall–Kier alpha value is -2.32. The SMILES string of the molecule is CC(C)C(C)NC(=O)CSc1nnc(-c2c[nH]c3ccccc23)n1CC1CCCO1. The first-order valence-corrected chi connectivity index (χ1v) is 11.5. The van der Waals surface area contributed by atoms with Gasteiger partial charge in [-0.05, 0) is 31.7 Å². The molecule has 1 aromatic carbocycles. The van der Waals surface area contributed by atoms with E-state index in [0.29, 0.717) is 18.2 Å². The second-order valence-electron chi connectivity index (χ2n) is 8.19. The van der Waals surface area contributed by atoms with Gasteiger partial charge < -0.3 is 15.0 Å². The van der Waals surface area contributed by atoms with Crippen LogP contribution in [0.2, 0.25) is 0 Å². The van der Waals surface area contributed by atoms with E-state index in [-0.39, 0.29) is 18.1 Å². The smallest absolute Gasteiger partial charge is 0.230 e. The average Bonchev–Trinajstić information content (AvgIpc) is 3.46. The fraction of sp³-hybridized carbons (Fsp3) is 0.500. The number of para-hydroxylation sites is 1. The van der Waals surface area contributed by atoms with E-state index >= 15 is 0 Å². The van der Waals surface area contributed by atoms with Crippen LogP contribution in [0.5, 0.6) is 0 Å². The third-order valence-corrected chi connectivity index (χ3v) is 6.64. The standard InChI is InChI=1S/C22H29N5O2S/c1-14(2)15(3)24-20(28)13-30-22-26-25-21(27(22)12-16-7-6-10-29-16)18-11-23-19-9-5-4-8-17(18)19/h4-5,8-9,11,14-16,23H,6-7,10,12-13H2,1-3H3,(H,24,28). The third kappa shape index (κ3) is 4.54. The van der Waals surface area contributed by atoms with Crippen LogP contribution in [-0.4, -0.2) is 50.2 Å². The van der Waals surface area contributed by atoms with Crippen molar-refractivity contribution in [3.63, 3.8) is 0 Å². The van der Waals surface area contributed by atoms with E-state index in [4.69, 9.17) is 4.74 Å². The van der Waals surface area contributed by atoms with Gasteiger partial charge in [-0.25, -0.2) is 0 Å². The summed E-state index contributed by atoms with van der Waals surface area (Å²) in [7, 11) is 0. The molecule has 0 radical (unpaired) electrons. The molecule has 1 aliphatic rings. The number of ether oxygens (including phenoxy) is 1. The van der Waals surface area contributed by atoms with Gasteiger partial charge in [-0.15, -0.1) is 10.2 Å². The summed E-state index contributed by atoms with van der Waals surface area (Å²) in [6.07, 6.45) is 4.24. The van der Waals surface area contributed by atoms with Gasteiger partial charge in [0, 0.05) is 35.3 Å². The van der Waals surface area contributed by atoms with Crippen LogP contribution in [0.3, 0.4) is 0 Å². The van der Waals surface area contributed by atoms with E-state index in [2.05, 4.69) is 51.0 Å². The molecular formula is C22H29N5O2S. The zero-order valence-electron chi connectivity index (χ0n) is 17.7. The Balaban J connectivity index is 1.58. The van der Waals surface area contributed by atoms with Crippen LogP contribution in [0, 0.1) is 5.92 Å². The van der Waals surface area contributed by atoms with Crippen LogP contribution < -0.4 is 5.32 Å². The molecule has 30 heavy (non-hydrogen) atoms. The number of carbonyl (C=O) groups excluding carboxylic acids is 1. The number of amides is 1. The molecule has 0 saturated carbocycles. The van der Waals surface area contributed by atoms with E-state index in [9.17, 15) is 4.79 Å².